The zero-order valence-corrected chi connectivity index (χ0v) is 11.7. The van der Waals surface area contributed by atoms with Gasteiger partial charge in [-0.05, 0) is 45.1 Å². The predicted molar refractivity (Wildman–Crippen MR) is 71.4 cm³/mol. The highest BCUT2D eigenvalue weighted by Crippen LogP contribution is 2.33. The van der Waals surface area contributed by atoms with Crippen molar-refractivity contribution in [3.8, 4) is 0 Å². The van der Waals surface area contributed by atoms with E-state index < -0.39 is 0 Å². The topological polar surface area (TPSA) is 41.6 Å². The Balaban J connectivity index is 1.68. The van der Waals surface area contributed by atoms with Gasteiger partial charge in [-0.15, -0.1) is 0 Å². The van der Waals surface area contributed by atoms with Crippen molar-refractivity contribution in [1.82, 2.24) is 10.2 Å². The number of nitrogens with zero attached hydrogens (tertiary/aromatic N) is 1. The maximum atomic E-state index is 12.2. The minimum atomic E-state index is 0.309. The number of carbonyl (C=O) groups excluding carboxylic acids is 1. The number of piperidine rings is 1. The van der Waals surface area contributed by atoms with Crippen LogP contribution in [0.15, 0.2) is 0 Å². The largest absolute Gasteiger partial charge is 0.378 e. The standard InChI is InChI=1S/C14H26N2O2/c1-3-18-13-7-11(8-13)9-14(17)16(2)12-5-4-6-15-10-12/h11-13,15H,3-10H2,1-2H3. The molecule has 1 unspecified atom stereocenters. The number of ether oxygens (including phenoxy) is 1. The van der Waals surface area contributed by atoms with Gasteiger partial charge in [0, 0.05) is 32.7 Å². The van der Waals surface area contributed by atoms with Crippen LogP contribution >= 0.6 is 0 Å². The Bertz CT molecular complexity index is 271. The van der Waals surface area contributed by atoms with Gasteiger partial charge in [-0.3, -0.25) is 4.79 Å². The monoisotopic (exact) mass is 254 g/mol. The molecule has 104 valence electrons. The molecule has 2 fully saturated rings. The number of carbonyl (C=O) groups is 1. The summed E-state index contributed by atoms with van der Waals surface area (Å²) in [4.78, 5) is 14.1. The summed E-state index contributed by atoms with van der Waals surface area (Å²) in [7, 11) is 1.96. The Hall–Kier alpha value is -0.610. The summed E-state index contributed by atoms with van der Waals surface area (Å²) in [6.45, 7) is 4.87. The maximum absolute atomic E-state index is 12.2. The van der Waals surface area contributed by atoms with E-state index in [1.54, 1.807) is 0 Å². The quantitative estimate of drug-likeness (QED) is 0.806. The van der Waals surface area contributed by atoms with Crippen LogP contribution in [0.1, 0.15) is 39.0 Å². The summed E-state index contributed by atoms with van der Waals surface area (Å²) in [5.74, 6) is 0.858. The van der Waals surface area contributed by atoms with E-state index in [0.29, 0.717) is 30.4 Å². The number of likely N-dealkylation sites (N-methyl/N-ethyl adjacent to an activating group) is 1. The molecule has 1 N–H and O–H groups in total. The lowest BCUT2D eigenvalue weighted by Crippen LogP contribution is -2.47. The molecular formula is C14H26N2O2. The van der Waals surface area contributed by atoms with Crippen molar-refractivity contribution in [1.29, 1.82) is 0 Å². The summed E-state index contributed by atoms with van der Waals surface area (Å²) in [6, 6.07) is 0.397. The van der Waals surface area contributed by atoms with Crippen LogP contribution < -0.4 is 5.32 Å². The molecule has 0 aromatic carbocycles. The molecule has 4 heteroatoms. The molecule has 1 heterocycles. The summed E-state index contributed by atoms with van der Waals surface area (Å²) in [5.41, 5.74) is 0. The van der Waals surface area contributed by atoms with Crippen molar-refractivity contribution in [2.75, 3.05) is 26.7 Å². The SMILES string of the molecule is CCOC1CC(CC(=O)N(C)C2CCCNC2)C1. The fourth-order valence-corrected chi connectivity index (χ4v) is 2.97. The van der Waals surface area contributed by atoms with Gasteiger partial charge in [-0.25, -0.2) is 0 Å². The molecule has 1 amide bonds. The van der Waals surface area contributed by atoms with Crippen molar-refractivity contribution < 1.29 is 9.53 Å². The van der Waals surface area contributed by atoms with Gasteiger partial charge in [0.05, 0.1) is 6.10 Å². The van der Waals surface area contributed by atoms with E-state index in [9.17, 15) is 4.79 Å². The van der Waals surface area contributed by atoms with Crippen LogP contribution in [0, 0.1) is 5.92 Å². The van der Waals surface area contributed by atoms with Crippen LogP contribution in [0.3, 0.4) is 0 Å². The first-order valence-electron chi connectivity index (χ1n) is 7.28. The average molecular weight is 254 g/mol. The highest BCUT2D eigenvalue weighted by atomic mass is 16.5. The molecule has 1 aliphatic heterocycles. The average Bonchev–Trinajstić information content (AvgIpc) is 2.36. The zero-order chi connectivity index (χ0) is 13.0. The van der Waals surface area contributed by atoms with Crippen LogP contribution in [0.4, 0.5) is 0 Å². The van der Waals surface area contributed by atoms with Crippen molar-refractivity contribution in [3.05, 3.63) is 0 Å². The van der Waals surface area contributed by atoms with E-state index >= 15 is 0 Å². The van der Waals surface area contributed by atoms with Crippen LogP contribution in [-0.4, -0.2) is 49.7 Å². The maximum Gasteiger partial charge on any atom is 0.222 e. The van der Waals surface area contributed by atoms with E-state index in [1.165, 1.54) is 6.42 Å². The lowest BCUT2D eigenvalue weighted by molar-refractivity contribution is -0.135. The number of hydrogen-bond donors (Lipinski definition) is 1. The molecule has 0 spiro atoms. The van der Waals surface area contributed by atoms with Crippen LogP contribution in [-0.2, 0) is 9.53 Å². The normalized spacial score (nSPS) is 31.8. The number of rotatable bonds is 5. The van der Waals surface area contributed by atoms with Gasteiger partial charge in [0.15, 0.2) is 0 Å². The lowest BCUT2D eigenvalue weighted by atomic mass is 9.79. The Labute approximate surface area is 110 Å². The number of amides is 1. The molecule has 2 rings (SSSR count). The molecule has 2 aliphatic rings. The Morgan fingerprint density at radius 3 is 2.83 bits per heavy atom. The van der Waals surface area contributed by atoms with Gasteiger partial charge in [0.1, 0.15) is 0 Å². The van der Waals surface area contributed by atoms with Crippen molar-refractivity contribution >= 4 is 5.91 Å². The van der Waals surface area contributed by atoms with E-state index in [0.717, 1.165) is 39.0 Å². The molecule has 4 nitrogen and oxygen atoms in total. The first kappa shape index (κ1) is 13.8. The smallest absolute Gasteiger partial charge is 0.222 e. The predicted octanol–water partition coefficient (Wildman–Crippen LogP) is 1.40. The summed E-state index contributed by atoms with van der Waals surface area (Å²) in [5, 5.41) is 3.36. The van der Waals surface area contributed by atoms with E-state index in [1.807, 2.05) is 18.9 Å². The second-order valence-corrected chi connectivity index (χ2v) is 5.62. The third kappa shape index (κ3) is 3.45. The van der Waals surface area contributed by atoms with Gasteiger partial charge in [0.25, 0.3) is 0 Å². The number of hydrogen-bond acceptors (Lipinski definition) is 3. The fourth-order valence-electron chi connectivity index (χ4n) is 2.97. The fraction of sp³-hybridized carbons (Fsp3) is 0.929. The highest BCUT2D eigenvalue weighted by molar-refractivity contribution is 5.76. The third-order valence-corrected chi connectivity index (χ3v) is 4.27. The zero-order valence-electron chi connectivity index (χ0n) is 11.7. The van der Waals surface area contributed by atoms with Crippen LogP contribution in [0.25, 0.3) is 0 Å². The van der Waals surface area contributed by atoms with Crippen LogP contribution in [0.2, 0.25) is 0 Å². The molecule has 1 saturated carbocycles. The Kier molecular flexibility index (Phi) is 5.01. The summed E-state index contributed by atoms with van der Waals surface area (Å²) >= 11 is 0. The van der Waals surface area contributed by atoms with Crippen molar-refractivity contribution in [2.24, 2.45) is 5.92 Å². The molecule has 0 bridgehead atoms. The van der Waals surface area contributed by atoms with Crippen LogP contribution in [0.5, 0.6) is 0 Å². The Morgan fingerprint density at radius 1 is 1.44 bits per heavy atom. The molecule has 1 atom stereocenters. The first-order chi connectivity index (χ1) is 8.70. The molecule has 1 saturated heterocycles. The second kappa shape index (κ2) is 6.53. The molecule has 0 aromatic heterocycles. The van der Waals surface area contributed by atoms with Crippen molar-refractivity contribution in [2.45, 2.75) is 51.2 Å². The van der Waals surface area contributed by atoms with Gasteiger partial charge < -0.3 is 15.0 Å². The first-order valence-corrected chi connectivity index (χ1v) is 7.28. The molecule has 0 radical (unpaired) electrons. The molecule has 18 heavy (non-hydrogen) atoms. The third-order valence-electron chi connectivity index (χ3n) is 4.27. The van der Waals surface area contributed by atoms with Gasteiger partial charge in [0.2, 0.25) is 5.91 Å². The second-order valence-electron chi connectivity index (χ2n) is 5.62. The highest BCUT2D eigenvalue weighted by Gasteiger charge is 2.33. The summed E-state index contributed by atoms with van der Waals surface area (Å²) in [6.07, 6.45) is 5.57. The van der Waals surface area contributed by atoms with E-state index in [2.05, 4.69) is 5.32 Å². The molecule has 0 aromatic rings. The van der Waals surface area contributed by atoms with E-state index in [-0.39, 0.29) is 0 Å². The Morgan fingerprint density at radius 2 is 2.22 bits per heavy atom. The van der Waals surface area contributed by atoms with Gasteiger partial charge in [-0.2, -0.15) is 0 Å². The van der Waals surface area contributed by atoms with Gasteiger partial charge >= 0.3 is 0 Å². The lowest BCUT2D eigenvalue weighted by Gasteiger charge is -2.37. The van der Waals surface area contributed by atoms with Gasteiger partial charge in [-0.1, -0.05) is 0 Å². The van der Waals surface area contributed by atoms with E-state index in [4.69, 9.17) is 4.74 Å². The summed E-state index contributed by atoms with van der Waals surface area (Å²) < 4.78 is 5.53. The minimum absolute atomic E-state index is 0.309. The molecule has 1 aliphatic carbocycles. The molecular weight excluding hydrogens is 228 g/mol. The number of nitrogens with one attached hydrogen (secondary N) is 1. The minimum Gasteiger partial charge on any atom is -0.378 e. The van der Waals surface area contributed by atoms with Crippen molar-refractivity contribution in [3.63, 3.8) is 0 Å².